The summed E-state index contributed by atoms with van der Waals surface area (Å²) in [6, 6.07) is 15.2. The molecule has 0 aromatic heterocycles. The van der Waals surface area contributed by atoms with Crippen LogP contribution in [0.2, 0.25) is 0 Å². The van der Waals surface area contributed by atoms with Crippen molar-refractivity contribution in [3.63, 3.8) is 0 Å². The highest BCUT2D eigenvalue weighted by Crippen LogP contribution is 2.44. The van der Waals surface area contributed by atoms with E-state index in [9.17, 15) is 9.59 Å². The minimum absolute atomic E-state index is 0.0500. The molecule has 0 saturated heterocycles. The fourth-order valence-electron chi connectivity index (χ4n) is 3.79. The predicted molar refractivity (Wildman–Crippen MR) is 116 cm³/mol. The van der Waals surface area contributed by atoms with E-state index < -0.39 is 18.1 Å². The first-order valence-electron chi connectivity index (χ1n) is 9.98. The van der Waals surface area contributed by atoms with Crippen molar-refractivity contribution in [1.29, 1.82) is 0 Å². The largest absolute Gasteiger partial charge is 0.460 e. The van der Waals surface area contributed by atoms with Crippen LogP contribution in [0.3, 0.4) is 0 Å². The third kappa shape index (κ3) is 4.50. The van der Waals surface area contributed by atoms with E-state index >= 15 is 0 Å². The lowest BCUT2D eigenvalue weighted by molar-refractivity contribution is -0.144. The number of benzene rings is 2. The smallest absolute Gasteiger partial charge is 0.407 e. The van der Waals surface area contributed by atoms with Gasteiger partial charge in [0.05, 0.1) is 11.9 Å². The van der Waals surface area contributed by atoms with Crippen molar-refractivity contribution in [1.82, 2.24) is 10.6 Å². The Morgan fingerprint density at radius 2 is 1.74 bits per heavy atom. The van der Waals surface area contributed by atoms with Crippen molar-refractivity contribution < 1.29 is 19.1 Å². The van der Waals surface area contributed by atoms with E-state index in [-0.39, 0.29) is 25.6 Å². The van der Waals surface area contributed by atoms with E-state index in [0.29, 0.717) is 5.70 Å². The van der Waals surface area contributed by atoms with Crippen LogP contribution in [0.1, 0.15) is 23.5 Å². The average Bonchev–Trinajstić information content (AvgIpc) is 3.41. The molecule has 0 saturated carbocycles. The second kappa shape index (κ2) is 9.30. The topological polar surface area (TPSA) is 91.1 Å². The summed E-state index contributed by atoms with van der Waals surface area (Å²) in [4.78, 5) is 28.8. The van der Waals surface area contributed by atoms with Gasteiger partial charge in [0.25, 0.3) is 0 Å². The Kier molecular flexibility index (Phi) is 6.12. The summed E-state index contributed by atoms with van der Waals surface area (Å²) in [6.45, 7) is 3.73. The first-order valence-corrected chi connectivity index (χ1v) is 9.98. The maximum Gasteiger partial charge on any atom is 0.407 e. The van der Waals surface area contributed by atoms with Crippen molar-refractivity contribution in [3.8, 4) is 11.1 Å². The fourth-order valence-corrected chi connectivity index (χ4v) is 3.79. The van der Waals surface area contributed by atoms with Gasteiger partial charge in [-0.05, 0) is 22.3 Å². The summed E-state index contributed by atoms with van der Waals surface area (Å²) in [5.74, 6) is -0.651. The van der Waals surface area contributed by atoms with Gasteiger partial charge in [-0.15, -0.1) is 0 Å². The van der Waals surface area contributed by atoms with Gasteiger partial charge in [0.15, 0.2) is 0 Å². The molecule has 1 atom stereocenters. The lowest BCUT2D eigenvalue weighted by atomic mass is 9.98. The molecule has 0 bridgehead atoms. The molecule has 1 N–H and O–H groups in total. The van der Waals surface area contributed by atoms with Crippen molar-refractivity contribution in [2.75, 3.05) is 13.2 Å². The van der Waals surface area contributed by atoms with Crippen LogP contribution in [0.25, 0.3) is 11.1 Å². The third-order valence-electron chi connectivity index (χ3n) is 5.19. The van der Waals surface area contributed by atoms with Crippen LogP contribution in [-0.4, -0.2) is 37.7 Å². The molecule has 1 unspecified atom stereocenters. The molecule has 0 fully saturated rings. The number of amides is 1. The fraction of sp³-hybridized carbons (Fsp3) is 0.208. The molecule has 2 aromatic rings. The zero-order chi connectivity index (χ0) is 21.6. The van der Waals surface area contributed by atoms with E-state index in [2.05, 4.69) is 34.3 Å². The molecule has 1 amide bonds. The standard InChI is InChI=1S/C24H22N3O4/c1-2-11-30-23(28)22(12-16-13-25-15-26-16)27-24(29)31-14-21-19-9-5-3-7-17(19)18-8-4-6-10-20(18)21/h2-10,13,15,21-22H,1,11-12,14H2,(H,27,29). The number of alkyl carbamates (subject to hydrolysis) is 1. The SMILES string of the molecule is C=CCOC(=O)C(CC1=CN=C[N]1)NC(=O)OCC1c2ccccc2-c2ccccc21. The van der Waals surface area contributed by atoms with Gasteiger partial charge in [-0.1, -0.05) is 61.2 Å². The van der Waals surface area contributed by atoms with E-state index in [1.54, 1.807) is 0 Å². The highest BCUT2D eigenvalue weighted by molar-refractivity contribution is 5.82. The van der Waals surface area contributed by atoms with E-state index in [1.165, 1.54) is 18.6 Å². The minimum atomic E-state index is -0.938. The quantitative estimate of drug-likeness (QED) is 0.527. The normalized spacial score (nSPS) is 14.6. The minimum Gasteiger partial charge on any atom is -0.460 e. The second-order valence-corrected chi connectivity index (χ2v) is 7.16. The molecule has 2 aromatic carbocycles. The van der Waals surface area contributed by atoms with Gasteiger partial charge < -0.3 is 14.8 Å². The summed E-state index contributed by atoms with van der Waals surface area (Å²) in [5, 5.41) is 6.65. The van der Waals surface area contributed by atoms with Gasteiger partial charge in [-0.25, -0.2) is 19.9 Å². The number of ether oxygens (including phenoxy) is 2. The zero-order valence-electron chi connectivity index (χ0n) is 16.9. The van der Waals surface area contributed by atoms with E-state index in [1.807, 2.05) is 36.4 Å². The van der Waals surface area contributed by atoms with Gasteiger partial charge in [0.2, 0.25) is 0 Å². The Morgan fingerprint density at radius 1 is 1.06 bits per heavy atom. The molecular weight excluding hydrogens is 394 g/mol. The predicted octanol–water partition coefficient (Wildman–Crippen LogP) is 3.50. The Labute approximate surface area is 180 Å². The first kappa shape index (κ1) is 20.4. The van der Waals surface area contributed by atoms with Gasteiger partial charge in [0, 0.05) is 12.3 Å². The van der Waals surface area contributed by atoms with Crippen LogP contribution < -0.4 is 10.6 Å². The number of nitrogens with one attached hydrogen (secondary N) is 1. The number of nitrogens with zero attached hydrogens (tertiary/aromatic N) is 2. The van der Waals surface area contributed by atoms with Crippen LogP contribution in [0.4, 0.5) is 4.79 Å². The lowest BCUT2D eigenvalue weighted by Gasteiger charge is -2.19. The number of carbonyl (C=O) groups excluding carboxylic acids is 2. The number of aliphatic imine (C=N–C) groups is 1. The van der Waals surface area contributed by atoms with Gasteiger partial charge >= 0.3 is 12.1 Å². The van der Waals surface area contributed by atoms with Crippen LogP contribution in [-0.2, 0) is 14.3 Å². The Morgan fingerprint density at radius 3 is 2.35 bits per heavy atom. The molecule has 2 aliphatic rings. The van der Waals surface area contributed by atoms with Crippen molar-refractivity contribution in [2.24, 2.45) is 4.99 Å². The van der Waals surface area contributed by atoms with Gasteiger partial charge in [-0.3, -0.25) is 0 Å². The molecule has 7 heteroatoms. The molecule has 4 rings (SSSR count). The summed E-state index contributed by atoms with van der Waals surface area (Å²) in [5.41, 5.74) is 5.09. The number of fused-ring (bicyclic) bond motifs is 3. The van der Waals surface area contributed by atoms with Crippen LogP contribution in [0.5, 0.6) is 0 Å². The zero-order valence-corrected chi connectivity index (χ0v) is 16.9. The van der Waals surface area contributed by atoms with Crippen LogP contribution in [0.15, 0.2) is 78.1 Å². The summed E-state index contributed by atoms with van der Waals surface area (Å²) >= 11 is 0. The average molecular weight is 416 g/mol. The van der Waals surface area contributed by atoms with Gasteiger partial charge in [-0.2, -0.15) is 0 Å². The molecule has 1 heterocycles. The Hall–Kier alpha value is -3.87. The van der Waals surface area contributed by atoms with Crippen molar-refractivity contribution in [3.05, 3.63) is 84.2 Å². The summed E-state index contributed by atoms with van der Waals surface area (Å²) in [7, 11) is 0. The maximum absolute atomic E-state index is 12.5. The molecule has 157 valence electrons. The van der Waals surface area contributed by atoms with Crippen LogP contribution in [0, 0.1) is 0 Å². The van der Waals surface area contributed by atoms with E-state index in [4.69, 9.17) is 9.47 Å². The number of hydrogen-bond acceptors (Lipinski definition) is 5. The number of rotatable bonds is 8. The highest BCUT2D eigenvalue weighted by atomic mass is 16.6. The molecule has 7 nitrogen and oxygen atoms in total. The highest BCUT2D eigenvalue weighted by Gasteiger charge is 2.30. The molecular formula is C24H22N3O4. The monoisotopic (exact) mass is 416 g/mol. The molecule has 1 aliphatic carbocycles. The Balaban J connectivity index is 1.42. The lowest BCUT2D eigenvalue weighted by Crippen LogP contribution is -2.43. The number of hydrogen-bond donors (Lipinski definition) is 1. The molecule has 0 spiro atoms. The number of carbonyl (C=O) groups is 2. The molecule has 1 radical (unpaired) electrons. The Bertz CT molecular complexity index is 1010. The molecule has 1 aliphatic heterocycles. The summed E-state index contributed by atoms with van der Waals surface area (Å²) < 4.78 is 10.6. The molecule has 31 heavy (non-hydrogen) atoms. The first-order chi connectivity index (χ1) is 15.2. The van der Waals surface area contributed by atoms with Crippen LogP contribution >= 0.6 is 0 Å². The summed E-state index contributed by atoms with van der Waals surface area (Å²) in [6.07, 6.45) is 3.84. The van der Waals surface area contributed by atoms with Crippen molar-refractivity contribution in [2.45, 2.75) is 18.4 Å². The second-order valence-electron chi connectivity index (χ2n) is 7.16. The maximum atomic E-state index is 12.5. The number of esters is 1. The third-order valence-corrected chi connectivity index (χ3v) is 5.19. The van der Waals surface area contributed by atoms with E-state index in [0.717, 1.165) is 22.3 Å². The van der Waals surface area contributed by atoms with Gasteiger partial charge in [0.1, 0.15) is 25.6 Å². The van der Waals surface area contributed by atoms with Crippen molar-refractivity contribution >= 4 is 18.4 Å².